The van der Waals surface area contributed by atoms with Crippen molar-refractivity contribution in [3.05, 3.63) is 28.2 Å². The Balaban J connectivity index is 2.32. The smallest absolute Gasteiger partial charge is 0.244 e. The van der Waals surface area contributed by atoms with Gasteiger partial charge in [-0.3, -0.25) is 4.79 Å². The maximum atomic E-state index is 11.9. The van der Waals surface area contributed by atoms with Crippen molar-refractivity contribution >= 4 is 27.5 Å². The number of ether oxygens (including phenoxy) is 1. The van der Waals surface area contributed by atoms with Crippen LogP contribution >= 0.6 is 15.9 Å². The van der Waals surface area contributed by atoms with Crippen LogP contribution < -0.4 is 10.2 Å². The van der Waals surface area contributed by atoms with Crippen LogP contribution in [-0.2, 0) is 9.53 Å². The maximum Gasteiger partial charge on any atom is 0.244 e. The van der Waals surface area contributed by atoms with Gasteiger partial charge < -0.3 is 15.0 Å². The van der Waals surface area contributed by atoms with Crippen molar-refractivity contribution in [1.82, 2.24) is 5.32 Å². The molecule has 0 spiro atoms. The maximum absolute atomic E-state index is 11.9. The normalized spacial score (nSPS) is 18.8. The Hall–Kier alpha value is -1.58. The summed E-state index contributed by atoms with van der Waals surface area (Å²) in [5.74, 6) is -0.0732. The highest BCUT2D eigenvalue weighted by atomic mass is 79.9. The van der Waals surface area contributed by atoms with Crippen LogP contribution in [0.2, 0.25) is 0 Å². The fourth-order valence-corrected chi connectivity index (χ4v) is 2.69. The zero-order valence-corrected chi connectivity index (χ0v) is 12.1. The molecule has 2 rings (SSSR count). The molecule has 1 amide bonds. The molecule has 0 bridgehead atoms. The molecule has 1 atom stereocenters. The van der Waals surface area contributed by atoms with E-state index >= 15 is 0 Å². The predicted molar refractivity (Wildman–Crippen MR) is 74.9 cm³/mol. The summed E-state index contributed by atoms with van der Waals surface area (Å²) in [6.45, 7) is 1.59. The highest BCUT2D eigenvalue weighted by Gasteiger charge is 2.29. The summed E-state index contributed by atoms with van der Waals surface area (Å²) in [6.07, 6.45) is 0. The number of carbonyl (C=O) groups is 1. The number of hydrogen-bond acceptors (Lipinski definition) is 4. The number of nitriles is 1. The van der Waals surface area contributed by atoms with E-state index < -0.39 is 0 Å². The van der Waals surface area contributed by atoms with Crippen molar-refractivity contribution in [1.29, 1.82) is 5.26 Å². The van der Waals surface area contributed by atoms with Crippen LogP contribution in [0.5, 0.6) is 0 Å². The molecule has 0 aliphatic carbocycles. The average Bonchev–Trinajstić information content (AvgIpc) is 2.46. The van der Waals surface area contributed by atoms with Crippen molar-refractivity contribution in [2.45, 2.75) is 6.04 Å². The lowest BCUT2D eigenvalue weighted by atomic mass is 10.1. The third-order valence-corrected chi connectivity index (χ3v) is 3.70. The van der Waals surface area contributed by atoms with Crippen LogP contribution in [0, 0.1) is 11.3 Å². The second kappa shape index (κ2) is 6.04. The number of nitrogens with one attached hydrogen (secondary N) is 1. The van der Waals surface area contributed by atoms with E-state index in [1.54, 1.807) is 19.2 Å². The number of hydrogen-bond donors (Lipinski definition) is 1. The summed E-state index contributed by atoms with van der Waals surface area (Å²) in [4.78, 5) is 13.9. The van der Waals surface area contributed by atoms with Gasteiger partial charge in [0.25, 0.3) is 0 Å². The molecular weight excluding hydrogens is 310 g/mol. The minimum Gasteiger partial charge on any atom is -0.377 e. The lowest BCUT2D eigenvalue weighted by Gasteiger charge is -2.36. The van der Waals surface area contributed by atoms with Gasteiger partial charge in [-0.05, 0) is 34.1 Å². The van der Waals surface area contributed by atoms with E-state index in [0.717, 1.165) is 10.2 Å². The molecule has 100 valence electrons. The van der Waals surface area contributed by atoms with Crippen molar-refractivity contribution < 1.29 is 9.53 Å². The molecule has 1 fully saturated rings. The largest absolute Gasteiger partial charge is 0.377 e. The first-order valence-electron chi connectivity index (χ1n) is 5.93. The summed E-state index contributed by atoms with van der Waals surface area (Å²) in [5.41, 5.74) is 1.48. The molecule has 1 unspecified atom stereocenters. The standard InChI is InChI=1S/C13H14BrN3O2/c1-16-13(18)12-8-19-5-4-17(12)11-3-2-9(7-15)6-10(11)14/h2-3,6,12H,4-5,8H2,1H3,(H,16,18). The number of rotatable bonds is 2. The molecule has 1 aliphatic rings. The Morgan fingerprint density at radius 1 is 1.63 bits per heavy atom. The highest BCUT2D eigenvalue weighted by Crippen LogP contribution is 2.29. The average molecular weight is 324 g/mol. The predicted octanol–water partition coefficient (Wildman–Crippen LogP) is 1.27. The topological polar surface area (TPSA) is 65.4 Å². The van der Waals surface area contributed by atoms with Gasteiger partial charge in [-0.15, -0.1) is 0 Å². The molecule has 1 saturated heterocycles. The second-order valence-electron chi connectivity index (χ2n) is 4.18. The van der Waals surface area contributed by atoms with Gasteiger partial charge in [-0.1, -0.05) is 0 Å². The highest BCUT2D eigenvalue weighted by molar-refractivity contribution is 9.10. The van der Waals surface area contributed by atoms with E-state index in [0.29, 0.717) is 25.3 Å². The first-order chi connectivity index (χ1) is 9.17. The zero-order chi connectivity index (χ0) is 13.8. The van der Waals surface area contributed by atoms with Crippen LogP contribution in [0.25, 0.3) is 0 Å². The van der Waals surface area contributed by atoms with Crippen LogP contribution in [0.4, 0.5) is 5.69 Å². The molecule has 1 N–H and O–H groups in total. The number of benzene rings is 1. The summed E-state index contributed by atoms with van der Waals surface area (Å²) in [7, 11) is 1.61. The molecule has 1 aromatic carbocycles. The summed E-state index contributed by atoms with van der Waals surface area (Å²) in [5, 5.41) is 11.5. The van der Waals surface area contributed by atoms with E-state index in [2.05, 4.69) is 27.3 Å². The molecule has 1 aliphatic heterocycles. The minimum absolute atomic E-state index is 0.0732. The monoisotopic (exact) mass is 323 g/mol. The summed E-state index contributed by atoms with van der Waals surface area (Å²) in [6, 6.07) is 7.10. The van der Waals surface area contributed by atoms with Gasteiger partial charge in [-0.25, -0.2) is 0 Å². The number of halogens is 1. The molecule has 0 aromatic heterocycles. The van der Waals surface area contributed by atoms with Crippen LogP contribution in [0.1, 0.15) is 5.56 Å². The SMILES string of the molecule is CNC(=O)C1COCCN1c1ccc(C#N)cc1Br. The van der Waals surface area contributed by atoms with E-state index in [9.17, 15) is 4.79 Å². The molecule has 0 saturated carbocycles. The van der Waals surface area contributed by atoms with Crippen molar-refractivity contribution in [2.24, 2.45) is 0 Å². The second-order valence-corrected chi connectivity index (χ2v) is 5.03. The number of amides is 1. The van der Waals surface area contributed by atoms with Crippen molar-refractivity contribution in [2.75, 3.05) is 31.7 Å². The van der Waals surface area contributed by atoms with E-state index in [1.165, 1.54) is 0 Å². The van der Waals surface area contributed by atoms with Gasteiger partial charge in [0, 0.05) is 18.1 Å². The quantitative estimate of drug-likeness (QED) is 0.890. The number of likely N-dealkylation sites (N-methyl/N-ethyl adjacent to an activating group) is 1. The van der Waals surface area contributed by atoms with E-state index in [1.807, 2.05) is 11.0 Å². The van der Waals surface area contributed by atoms with Crippen LogP contribution in [-0.4, -0.2) is 38.8 Å². The van der Waals surface area contributed by atoms with E-state index in [4.69, 9.17) is 10.00 Å². The first-order valence-corrected chi connectivity index (χ1v) is 6.72. The first kappa shape index (κ1) is 13.8. The zero-order valence-electron chi connectivity index (χ0n) is 10.5. The lowest BCUT2D eigenvalue weighted by Crippen LogP contribution is -2.53. The van der Waals surface area contributed by atoms with Gasteiger partial charge in [-0.2, -0.15) is 5.26 Å². The molecule has 1 aromatic rings. The molecule has 0 radical (unpaired) electrons. The minimum atomic E-state index is -0.344. The Morgan fingerprint density at radius 3 is 3.05 bits per heavy atom. The van der Waals surface area contributed by atoms with Gasteiger partial charge in [0.2, 0.25) is 5.91 Å². The van der Waals surface area contributed by atoms with Crippen molar-refractivity contribution in [3.63, 3.8) is 0 Å². The number of carbonyl (C=O) groups excluding carboxylic acids is 1. The molecule has 5 nitrogen and oxygen atoms in total. The Labute approximate surface area is 120 Å². The van der Waals surface area contributed by atoms with Crippen molar-refractivity contribution in [3.8, 4) is 6.07 Å². The summed E-state index contributed by atoms with van der Waals surface area (Å²) < 4.78 is 6.18. The fraction of sp³-hybridized carbons (Fsp3) is 0.385. The number of anilines is 1. The lowest BCUT2D eigenvalue weighted by molar-refractivity contribution is -0.124. The van der Waals surface area contributed by atoms with Crippen LogP contribution in [0.15, 0.2) is 22.7 Å². The van der Waals surface area contributed by atoms with Gasteiger partial charge in [0.05, 0.1) is 30.5 Å². The van der Waals surface area contributed by atoms with Gasteiger partial charge in [0.1, 0.15) is 6.04 Å². The Morgan fingerprint density at radius 2 is 2.42 bits per heavy atom. The van der Waals surface area contributed by atoms with Gasteiger partial charge >= 0.3 is 0 Å². The Kier molecular flexibility index (Phi) is 4.40. The summed E-state index contributed by atoms with van der Waals surface area (Å²) >= 11 is 3.46. The van der Waals surface area contributed by atoms with Crippen LogP contribution in [0.3, 0.4) is 0 Å². The molecule has 19 heavy (non-hydrogen) atoms. The number of morpholine rings is 1. The van der Waals surface area contributed by atoms with E-state index in [-0.39, 0.29) is 11.9 Å². The third kappa shape index (κ3) is 2.88. The Bertz CT molecular complexity index is 527. The third-order valence-electron chi connectivity index (χ3n) is 3.06. The molecular formula is C13H14BrN3O2. The fourth-order valence-electron chi connectivity index (χ4n) is 2.09. The number of nitrogens with zero attached hydrogens (tertiary/aromatic N) is 2. The molecule has 1 heterocycles. The molecule has 6 heteroatoms. The van der Waals surface area contributed by atoms with Gasteiger partial charge in [0.15, 0.2) is 0 Å².